The van der Waals surface area contributed by atoms with Crippen LogP contribution in [0.25, 0.3) is 0 Å². The first-order valence-corrected chi connectivity index (χ1v) is 6.70. The molecule has 16 heavy (non-hydrogen) atoms. The predicted molar refractivity (Wildman–Crippen MR) is 65.5 cm³/mol. The third-order valence-corrected chi connectivity index (χ3v) is 3.97. The summed E-state index contributed by atoms with van der Waals surface area (Å²) in [6.45, 7) is 3.16. The van der Waals surface area contributed by atoms with E-state index in [2.05, 4.69) is 17.3 Å². The zero-order valence-electron chi connectivity index (χ0n) is 10.4. The van der Waals surface area contributed by atoms with Gasteiger partial charge in [-0.15, -0.1) is 0 Å². The van der Waals surface area contributed by atoms with Crippen LogP contribution in [0.15, 0.2) is 0 Å². The molecule has 3 heteroatoms. The molecule has 2 fully saturated rings. The summed E-state index contributed by atoms with van der Waals surface area (Å²) >= 11 is 0. The van der Waals surface area contributed by atoms with Crippen LogP contribution in [0.2, 0.25) is 0 Å². The fourth-order valence-corrected chi connectivity index (χ4v) is 2.96. The van der Waals surface area contributed by atoms with Gasteiger partial charge in [-0.3, -0.25) is 4.79 Å². The van der Waals surface area contributed by atoms with Crippen molar-refractivity contribution in [1.29, 1.82) is 0 Å². The monoisotopic (exact) mass is 224 g/mol. The Bertz CT molecular complexity index is 236. The summed E-state index contributed by atoms with van der Waals surface area (Å²) in [5.74, 6) is 0.885. The topological polar surface area (TPSA) is 32.3 Å². The first-order valence-electron chi connectivity index (χ1n) is 6.70. The number of carbonyl (C=O) groups excluding carboxylic acids is 1. The van der Waals surface area contributed by atoms with E-state index in [-0.39, 0.29) is 0 Å². The Hall–Kier alpha value is -0.410. The second-order valence-corrected chi connectivity index (χ2v) is 5.42. The van der Waals surface area contributed by atoms with E-state index in [0.29, 0.717) is 17.7 Å². The van der Waals surface area contributed by atoms with Gasteiger partial charge in [0, 0.05) is 38.0 Å². The number of nitrogens with one attached hydrogen (secondary N) is 1. The van der Waals surface area contributed by atoms with Crippen molar-refractivity contribution in [2.45, 2.75) is 44.6 Å². The number of piperazine rings is 1. The largest absolute Gasteiger partial charge is 0.311 e. The number of Topliss-reactive ketones (excluding diaryl/α,β-unsaturated/α-hetero) is 1. The zero-order chi connectivity index (χ0) is 11.4. The van der Waals surface area contributed by atoms with Gasteiger partial charge in [-0.05, 0) is 19.9 Å². The minimum atomic E-state index is 0.378. The van der Waals surface area contributed by atoms with E-state index in [1.807, 2.05) is 0 Å². The van der Waals surface area contributed by atoms with E-state index < -0.39 is 0 Å². The molecule has 0 spiro atoms. The van der Waals surface area contributed by atoms with Crippen LogP contribution in [-0.2, 0) is 4.79 Å². The highest BCUT2D eigenvalue weighted by Crippen LogP contribution is 2.25. The van der Waals surface area contributed by atoms with E-state index in [4.69, 9.17) is 0 Å². The Balaban J connectivity index is 1.77. The van der Waals surface area contributed by atoms with Gasteiger partial charge in [0.2, 0.25) is 0 Å². The van der Waals surface area contributed by atoms with Crippen molar-refractivity contribution in [2.75, 3.05) is 26.7 Å². The summed E-state index contributed by atoms with van der Waals surface area (Å²) in [6.07, 6.45) is 6.87. The third-order valence-electron chi connectivity index (χ3n) is 3.97. The smallest absolute Gasteiger partial charge is 0.137 e. The van der Waals surface area contributed by atoms with Crippen LogP contribution in [0, 0.1) is 5.92 Å². The Morgan fingerprint density at radius 1 is 1.31 bits per heavy atom. The number of hydrogen-bond acceptors (Lipinski definition) is 3. The summed E-state index contributed by atoms with van der Waals surface area (Å²) in [5, 5.41) is 3.46. The Labute approximate surface area is 98.6 Å². The van der Waals surface area contributed by atoms with Gasteiger partial charge >= 0.3 is 0 Å². The third kappa shape index (κ3) is 3.29. The summed E-state index contributed by atoms with van der Waals surface area (Å²) in [7, 11) is 2.14. The normalized spacial score (nSPS) is 29.2. The maximum atomic E-state index is 12.1. The van der Waals surface area contributed by atoms with Crippen LogP contribution >= 0.6 is 0 Å². The molecule has 0 bridgehead atoms. The molecule has 1 aliphatic heterocycles. The zero-order valence-corrected chi connectivity index (χ0v) is 10.4. The molecule has 0 aromatic heterocycles. The molecule has 1 saturated carbocycles. The SMILES string of the molecule is CN1CCNC(CC(=O)C2CCCCC2)C1. The number of hydrogen-bond donors (Lipinski definition) is 1. The molecule has 1 aliphatic carbocycles. The van der Waals surface area contributed by atoms with Crippen molar-refractivity contribution in [1.82, 2.24) is 10.2 Å². The van der Waals surface area contributed by atoms with E-state index in [1.54, 1.807) is 0 Å². The number of rotatable bonds is 3. The fourth-order valence-electron chi connectivity index (χ4n) is 2.96. The van der Waals surface area contributed by atoms with Crippen molar-refractivity contribution >= 4 is 5.78 Å². The molecule has 1 unspecified atom stereocenters. The number of nitrogens with zero attached hydrogens (tertiary/aromatic N) is 1. The van der Waals surface area contributed by atoms with Crippen molar-refractivity contribution < 1.29 is 4.79 Å². The standard InChI is InChI=1S/C13H24N2O/c1-15-8-7-14-12(10-15)9-13(16)11-5-3-2-4-6-11/h11-12,14H,2-10H2,1H3. The summed E-state index contributed by atoms with van der Waals surface area (Å²) in [6, 6.07) is 0.396. The van der Waals surface area contributed by atoms with Crippen LogP contribution < -0.4 is 5.32 Å². The van der Waals surface area contributed by atoms with Crippen molar-refractivity contribution in [3.63, 3.8) is 0 Å². The van der Waals surface area contributed by atoms with Crippen molar-refractivity contribution in [3.05, 3.63) is 0 Å². The summed E-state index contributed by atoms with van der Waals surface area (Å²) in [5.41, 5.74) is 0. The van der Waals surface area contributed by atoms with Gasteiger partial charge in [0.05, 0.1) is 0 Å². The molecule has 2 aliphatic rings. The fraction of sp³-hybridized carbons (Fsp3) is 0.923. The first kappa shape index (κ1) is 12.1. The van der Waals surface area contributed by atoms with Crippen molar-refractivity contribution in [3.8, 4) is 0 Å². The van der Waals surface area contributed by atoms with Crippen LogP contribution in [0.5, 0.6) is 0 Å². The molecule has 0 aromatic carbocycles. The van der Waals surface area contributed by atoms with Gasteiger partial charge in [0.25, 0.3) is 0 Å². The second-order valence-electron chi connectivity index (χ2n) is 5.42. The van der Waals surface area contributed by atoms with Crippen LogP contribution in [-0.4, -0.2) is 43.4 Å². The van der Waals surface area contributed by atoms with E-state index in [1.165, 1.54) is 19.3 Å². The molecule has 1 heterocycles. The summed E-state index contributed by atoms with van der Waals surface area (Å²) < 4.78 is 0. The van der Waals surface area contributed by atoms with Crippen LogP contribution in [0.1, 0.15) is 38.5 Å². The maximum Gasteiger partial charge on any atom is 0.137 e. The molecular weight excluding hydrogens is 200 g/mol. The quantitative estimate of drug-likeness (QED) is 0.787. The maximum absolute atomic E-state index is 12.1. The van der Waals surface area contributed by atoms with Gasteiger partial charge in [-0.1, -0.05) is 19.3 Å². The predicted octanol–water partition coefficient (Wildman–Crippen LogP) is 1.43. The molecule has 0 amide bonds. The highest BCUT2D eigenvalue weighted by molar-refractivity contribution is 5.81. The second kappa shape index (κ2) is 5.78. The van der Waals surface area contributed by atoms with Crippen LogP contribution in [0.3, 0.4) is 0 Å². The lowest BCUT2D eigenvalue weighted by Crippen LogP contribution is -2.50. The Morgan fingerprint density at radius 2 is 2.06 bits per heavy atom. The minimum absolute atomic E-state index is 0.378. The Kier molecular flexibility index (Phi) is 4.36. The first-order chi connectivity index (χ1) is 7.75. The number of likely N-dealkylation sites (N-methyl/N-ethyl adjacent to an activating group) is 1. The number of ketones is 1. The van der Waals surface area contributed by atoms with E-state index in [0.717, 1.165) is 38.9 Å². The molecule has 0 aromatic rings. The van der Waals surface area contributed by atoms with Crippen molar-refractivity contribution in [2.24, 2.45) is 5.92 Å². The minimum Gasteiger partial charge on any atom is -0.311 e. The lowest BCUT2D eigenvalue weighted by molar-refractivity contribution is -0.124. The number of carbonyl (C=O) groups is 1. The lowest BCUT2D eigenvalue weighted by atomic mass is 9.84. The molecule has 3 nitrogen and oxygen atoms in total. The molecule has 1 saturated heterocycles. The van der Waals surface area contributed by atoms with Gasteiger partial charge in [0.1, 0.15) is 5.78 Å². The molecule has 1 N–H and O–H groups in total. The molecule has 1 atom stereocenters. The average molecular weight is 224 g/mol. The molecule has 0 radical (unpaired) electrons. The highest BCUT2D eigenvalue weighted by Gasteiger charge is 2.25. The Morgan fingerprint density at radius 3 is 2.75 bits per heavy atom. The van der Waals surface area contributed by atoms with Gasteiger partial charge < -0.3 is 10.2 Å². The van der Waals surface area contributed by atoms with Gasteiger partial charge in [0.15, 0.2) is 0 Å². The van der Waals surface area contributed by atoms with Gasteiger partial charge in [-0.2, -0.15) is 0 Å². The lowest BCUT2D eigenvalue weighted by Gasteiger charge is -2.31. The average Bonchev–Trinajstić information content (AvgIpc) is 2.30. The molecule has 92 valence electrons. The highest BCUT2D eigenvalue weighted by atomic mass is 16.1. The van der Waals surface area contributed by atoms with Crippen LogP contribution in [0.4, 0.5) is 0 Å². The van der Waals surface area contributed by atoms with E-state index in [9.17, 15) is 4.79 Å². The van der Waals surface area contributed by atoms with E-state index >= 15 is 0 Å². The molecular formula is C13H24N2O. The molecule has 2 rings (SSSR count). The van der Waals surface area contributed by atoms with Gasteiger partial charge in [-0.25, -0.2) is 0 Å². The summed E-state index contributed by atoms with van der Waals surface area (Å²) in [4.78, 5) is 14.4.